The lowest BCUT2D eigenvalue weighted by molar-refractivity contribution is -0.144. The number of aryl methyl sites for hydroxylation is 1. The van der Waals surface area contributed by atoms with Gasteiger partial charge in [-0.05, 0) is 79.8 Å². The van der Waals surface area contributed by atoms with Crippen LogP contribution in [0.15, 0.2) is 66.7 Å². The normalized spacial score (nSPS) is 13.8. The molecule has 3 aromatic carbocycles. The number of unbranched alkanes of at least 4 members (excludes halogenated alkanes) is 2. The van der Waals surface area contributed by atoms with Crippen molar-refractivity contribution in [1.29, 1.82) is 0 Å². The minimum absolute atomic E-state index is 0. The second kappa shape index (κ2) is 16.1. The van der Waals surface area contributed by atoms with Crippen molar-refractivity contribution in [2.75, 3.05) is 44.2 Å². The number of hydrogen-bond acceptors (Lipinski definition) is 5. The molecule has 1 aliphatic heterocycles. The van der Waals surface area contributed by atoms with Crippen LogP contribution in [-0.2, 0) is 22.1 Å². The summed E-state index contributed by atoms with van der Waals surface area (Å²) in [5, 5.41) is 0.592. The van der Waals surface area contributed by atoms with Crippen molar-refractivity contribution in [3.05, 3.63) is 99.6 Å². The van der Waals surface area contributed by atoms with Crippen molar-refractivity contribution in [2.45, 2.75) is 45.2 Å². The zero-order valence-corrected chi connectivity index (χ0v) is 25.7. The van der Waals surface area contributed by atoms with Crippen LogP contribution in [0, 0.1) is 6.92 Å². The number of nitrogens with zero attached hydrogens (tertiary/aromatic N) is 2. The number of ether oxygens (including phenoxy) is 1. The number of carbonyl (C=O) groups excluding carboxylic acids is 2. The lowest BCUT2D eigenvalue weighted by Crippen LogP contribution is -2.47. The summed E-state index contributed by atoms with van der Waals surface area (Å²) in [4.78, 5) is 29.3. The molecule has 0 saturated carbocycles. The van der Waals surface area contributed by atoms with E-state index in [9.17, 15) is 22.8 Å². The van der Waals surface area contributed by atoms with E-state index in [1.807, 2.05) is 30.0 Å². The van der Waals surface area contributed by atoms with Gasteiger partial charge in [0, 0.05) is 61.0 Å². The molecular formula is C33H37Cl2F3N2O3. The maximum atomic E-state index is 13.0. The number of alkyl halides is 3. The zero-order chi connectivity index (χ0) is 30.1. The van der Waals surface area contributed by atoms with Crippen LogP contribution in [0.3, 0.4) is 0 Å². The molecule has 0 atom stereocenters. The van der Waals surface area contributed by atoms with Crippen LogP contribution >= 0.6 is 24.0 Å². The predicted octanol–water partition coefficient (Wildman–Crippen LogP) is 7.79. The summed E-state index contributed by atoms with van der Waals surface area (Å²) in [6.07, 6.45) is -0.652. The summed E-state index contributed by atoms with van der Waals surface area (Å²) in [6, 6.07) is 18.1. The van der Waals surface area contributed by atoms with Gasteiger partial charge in [0.15, 0.2) is 5.78 Å². The van der Waals surface area contributed by atoms with E-state index in [-0.39, 0.29) is 24.2 Å². The van der Waals surface area contributed by atoms with Gasteiger partial charge in [0.1, 0.15) is 6.61 Å². The third kappa shape index (κ3) is 9.98. The molecule has 10 heteroatoms. The van der Waals surface area contributed by atoms with Crippen molar-refractivity contribution >= 4 is 41.4 Å². The summed E-state index contributed by atoms with van der Waals surface area (Å²) in [7, 11) is 0. The van der Waals surface area contributed by atoms with Crippen molar-refractivity contribution in [3.63, 3.8) is 0 Å². The fourth-order valence-corrected chi connectivity index (χ4v) is 5.31. The zero-order valence-electron chi connectivity index (χ0n) is 24.2. The first-order valence-corrected chi connectivity index (χ1v) is 14.7. The number of carbonyl (C=O) groups is 2. The van der Waals surface area contributed by atoms with Gasteiger partial charge < -0.3 is 9.64 Å². The average molecular weight is 638 g/mol. The van der Waals surface area contributed by atoms with Crippen LogP contribution in [0.4, 0.5) is 18.9 Å². The molecule has 1 heterocycles. The van der Waals surface area contributed by atoms with Gasteiger partial charge in [-0.15, -0.1) is 12.4 Å². The Balaban J connectivity index is 0.00000506. The van der Waals surface area contributed by atoms with Crippen LogP contribution in [0.25, 0.3) is 0 Å². The molecule has 0 bridgehead atoms. The summed E-state index contributed by atoms with van der Waals surface area (Å²) >= 11 is 5.95. The molecule has 0 aromatic heterocycles. The molecule has 0 radical (unpaired) electrons. The molecule has 43 heavy (non-hydrogen) atoms. The largest absolute Gasteiger partial charge is 0.464 e. The van der Waals surface area contributed by atoms with Crippen molar-refractivity contribution in [2.24, 2.45) is 0 Å². The van der Waals surface area contributed by atoms with E-state index in [0.29, 0.717) is 67.6 Å². The first kappa shape index (κ1) is 34.4. The number of hydrogen-bond donors (Lipinski definition) is 0. The summed E-state index contributed by atoms with van der Waals surface area (Å²) < 4.78 is 44.5. The smallest absolute Gasteiger partial charge is 0.416 e. The standard InChI is InChI=1S/C33H36ClF3N2O3.ClH/c1-24-25(8-5-11-30(24)32(41)26-13-15-28(34)16-14-26)7-3-2-4-12-31(40)42-22-21-38-17-19-39(20-18-38)29-10-6-9-27(23-29)33(35,36)37;/h5-6,8-11,13-16,23H,2-4,7,12,17-22H2,1H3;1H. The van der Waals surface area contributed by atoms with E-state index in [1.165, 1.54) is 12.1 Å². The predicted molar refractivity (Wildman–Crippen MR) is 167 cm³/mol. The minimum atomic E-state index is -4.35. The van der Waals surface area contributed by atoms with E-state index in [0.717, 1.165) is 42.9 Å². The Kier molecular flexibility index (Phi) is 12.9. The highest BCUT2D eigenvalue weighted by molar-refractivity contribution is 6.30. The second-order valence-corrected chi connectivity index (χ2v) is 11.0. The third-order valence-electron chi connectivity index (χ3n) is 7.71. The van der Waals surface area contributed by atoms with Crippen molar-refractivity contribution in [1.82, 2.24) is 4.90 Å². The summed E-state index contributed by atoms with van der Waals surface area (Å²) in [5.74, 6) is -0.240. The number of halogens is 5. The van der Waals surface area contributed by atoms with Gasteiger partial charge >= 0.3 is 12.1 Å². The first-order chi connectivity index (χ1) is 20.1. The molecule has 1 saturated heterocycles. The second-order valence-electron chi connectivity index (χ2n) is 10.6. The maximum Gasteiger partial charge on any atom is 0.416 e. The fraction of sp³-hybridized carbons (Fsp3) is 0.394. The molecule has 3 aromatic rings. The molecular weight excluding hydrogens is 600 g/mol. The van der Waals surface area contributed by atoms with Gasteiger partial charge in [0.2, 0.25) is 0 Å². The molecule has 4 rings (SSSR count). The van der Waals surface area contributed by atoms with Crippen molar-refractivity contribution in [3.8, 4) is 0 Å². The van der Waals surface area contributed by atoms with Gasteiger partial charge in [-0.25, -0.2) is 0 Å². The topological polar surface area (TPSA) is 49.9 Å². The Bertz CT molecular complexity index is 1360. The third-order valence-corrected chi connectivity index (χ3v) is 7.96. The van der Waals surface area contributed by atoms with Crippen LogP contribution in [0.5, 0.6) is 0 Å². The Hall–Kier alpha value is -3.07. The molecule has 0 N–H and O–H groups in total. The maximum absolute atomic E-state index is 13.0. The number of anilines is 1. The summed E-state index contributed by atoms with van der Waals surface area (Å²) in [6.45, 7) is 5.50. The van der Waals surface area contributed by atoms with E-state index in [1.54, 1.807) is 30.3 Å². The lowest BCUT2D eigenvalue weighted by Gasteiger charge is -2.36. The van der Waals surface area contributed by atoms with E-state index in [2.05, 4.69) is 4.90 Å². The number of piperazine rings is 1. The number of benzene rings is 3. The molecule has 0 unspecified atom stereocenters. The van der Waals surface area contributed by atoms with E-state index >= 15 is 0 Å². The highest BCUT2D eigenvalue weighted by Gasteiger charge is 2.31. The molecule has 0 aliphatic carbocycles. The van der Waals surface area contributed by atoms with E-state index < -0.39 is 11.7 Å². The van der Waals surface area contributed by atoms with Crippen LogP contribution in [-0.4, -0.2) is 56.0 Å². The Morgan fingerprint density at radius 2 is 1.60 bits per heavy atom. The molecule has 5 nitrogen and oxygen atoms in total. The SMILES string of the molecule is Cc1c(CCCCCC(=O)OCCN2CCN(c3cccc(C(F)(F)F)c3)CC2)cccc1C(=O)c1ccc(Cl)cc1.Cl. The van der Waals surface area contributed by atoms with E-state index in [4.69, 9.17) is 16.3 Å². The Morgan fingerprint density at radius 3 is 2.30 bits per heavy atom. The summed E-state index contributed by atoms with van der Waals surface area (Å²) in [5.41, 5.74) is 3.34. The Labute approximate surface area is 262 Å². The first-order valence-electron chi connectivity index (χ1n) is 14.3. The van der Waals surface area contributed by atoms with Crippen LogP contribution < -0.4 is 4.90 Å². The number of rotatable bonds is 12. The number of ketones is 1. The molecule has 1 aliphatic rings. The molecule has 0 amide bonds. The average Bonchev–Trinajstić information content (AvgIpc) is 2.98. The molecule has 232 valence electrons. The van der Waals surface area contributed by atoms with Gasteiger partial charge in [-0.3, -0.25) is 14.5 Å². The number of esters is 1. The molecule has 1 fully saturated rings. The monoisotopic (exact) mass is 636 g/mol. The van der Waals surface area contributed by atoms with Gasteiger partial charge in [-0.2, -0.15) is 13.2 Å². The minimum Gasteiger partial charge on any atom is -0.464 e. The van der Waals surface area contributed by atoms with Crippen LogP contribution in [0.2, 0.25) is 5.02 Å². The van der Waals surface area contributed by atoms with Crippen molar-refractivity contribution < 1.29 is 27.5 Å². The lowest BCUT2D eigenvalue weighted by atomic mass is 9.93. The van der Waals surface area contributed by atoms with Gasteiger partial charge in [0.25, 0.3) is 0 Å². The highest BCUT2D eigenvalue weighted by Crippen LogP contribution is 2.32. The fourth-order valence-electron chi connectivity index (χ4n) is 5.19. The van der Waals surface area contributed by atoms with Gasteiger partial charge in [-0.1, -0.05) is 42.3 Å². The molecule has 0 spiro atoms. The highest BCUT2D eigenvalue weighted by atomic mass is 35.5. The van der Waals surface area contributed by atoms with Crippen LogP contribution in [0.1, 0.15) is 58.3 Å². The Morgan fingerprint density at radius 1 is 0.907 bits per heavy atom. The van der Waals surface area contributed by atoms with Gasteiger partial charge in [0.05, 0.1) is 5.56 Å². The quantitative estimate of drug-likeness (QED) is 0.115.